The first-order chi connectivity index (χ1) is 9.11. The van der Waals surface area contributed by atoms with Gasteiger partial charge in [0.1, 0.15) is 0 Å². The van der Waals surface area contributed by atoms with Crippen molar-refractivity contribution in [3.05, 3.63) is 32.9 Å². The molecular weight excluding hydrogens is 304 g/mol. The number of hydrogen-bond donors (Lipinski definition) is 1. The molecule has 0 aliphatic carbocycles. The minimum absolute atomic E-state index is 0.0493. The van der Waals surface area contributed by atoms with Gasteiger partial charge in [0.25, 0.3) is 5.69 Å². The van der Waals surface area contributed by atoms with Crippen LogP contribution < -0.4 is 4.72 Å². The highest BCUT2D eigenvalue weighted by Crippen LogP contribution is 2.31. The largest absolute Gasteiger partial charge is 0.276 e. The summed E-state index contributed by atoms with van der Waals surface area (Å²) in [5.41, 5.74) is 0.880. The molecular formula is C12H17ClN2O4S. The fourth-order valence-corrected chi connectivity index (χ4v) is 4.09. The lowest BCUT2D eigenvalue weighted by molar-refractivity contribution is -0.386. The van der Waals surface area contributed by atoms with E-state index in [0.29, 0.717) is 11.1 Å². The van der Waals surface area contributed by atoms with Gasteiger partial charge in [-0.1, -0.05) is 0 Å². The summed E-state index contributed by atoms with van der Waals surface area (Å²) >= 11 is 5.60. The van der Waals surface area contributed by atoms with Gasteiger partial charge in [0, 0.05) is 23.0 Å². The number of nitrogens with one attached hydrogen (secondary N) is 1. The van der Waals surface area contributed by atoms with Gasteiger partial charge in [-0.15, -0.1) is 11.6 Å². The Morgan fingerprint density at radius 1 is 1.35 bits per heavy atom. The highest BCUT2D eigenvalue weighted by molar-refractivity contribution is 7.89. The van der Waals surface area contributed by atoms with E-state index in [-0.39, 0.29) is 22.0 Å². The Hall–Kier alpha value is -1.18. The van der Waals surface area contributed by atoms with Crippen molar-refractivity contribution in [1.82, 2.24) is 4.72 Å². The molecule has 1 aromatic rings. The van der Waals surface area contributed by atoms with Crippen LogP contribution in [0.15, 0.2) is 11.0 Å². The maximum Gasteiger partial charge on any atom is 0.276 e. The Morgan fingerprint density at radius 3 is 2.35 bits per heavy atom. The van der Waals surface area contributed by atoms with E-state index < -0.39 is 21.0 Å². The first-order valence-corrected chi connectivity index (χ1v) is 7.97. The molecule has 0 fully saturated rings. The van der Waals surface area contributed by atoms with Crippen molar-refractivity contribution in [3.63, 3.8) is 0 Å². The molecule has 1 rings (SSSR count). The summed E-state index contributed by atoms with van der Waals surface area (Å²) in [5.74, 6) is 0.116. The van der Waals surface area contributed by atoms with E-state index in [2.05, 4.69) is 4.72 Å². The van der Waals surface area contributed by atoms with Gasteiger partial charge in [0.15, 0.2) is 0 Å². The first-order valence-electron chi connectivity index (χ1n) is 5.95. The molecule has 0 saturated carbocycles. The Kier molecular flexibility index (Phi) is 5.12. The van der Waals surface area contributed by atoms with Crippen molar-refractivity contribution in [2.75, 3.05) is 5.88 Å². The summed E-state index contributed by atoms with van der Waals surface area (Å²) < 4.78 is 27.1. The summed E-state index contributed by atoms with van der Waals surface area (Å²) in [6, 6.07) is 1.05. The molecule has 0 spiro atoms. The molecule has 1 N–H and O–H groups in total. The Balaban J connectivity index is 3.53. The highest BCUT2D eigenvalue weighted by atomic mass is 35.5. The number of halogens is 1. The van der Waals surface area contributed by atoms with Gasteiger partial charge in [0.2, 0.25) is 10.0 Å². The number of nitro groups is 1. The molecule has 1 atom stereocenters. The van der Waals surface area contributed by atoms with Gasteiger partial charge in [0.05, 0.1) is 9.82 Å². The second-order valence-electron chi connectivity index (χ2n) is 4.75. The first kappa shape index (κ1) is 16.9. The smallest absolute Gasteiger partial charge is 0.258 e. The number of nitrogens with zero attached hydrogens (tertiary/aromatic N) is 1. The lowest BCUT2D eigenvalue weighted by Gasteiger charge is -2.16. The Labute approximate surface area is 123 Å². The number of nitro benzene ring substituents is 1. The van der Waals surface area contributed by atoms with Crippen LogP contribution in [0.2, 0.25) is 0 Å². The molecule has 1 unspecified atom stereocenters. The molecule has 1 aromatic carbocycles. The van der Waals surface area contributed by atoms with Crippen molar-refractivity contribution < 1.29 is 13.3 Å². The van der Waals surface area contributed by atoms with Gasteiger partial charge in [-0.3, -0.25) is 10.1 Å². The number of aryl methyl sites for hydroxylation is 2. The van der Waals surface area contributed by atoms with Gasteiger partial charge >= 0.3 is 0 Å². The molecule has 0 aromatic heterocycles. The Bertz CT molecular complexity index is 643. The molecule has 112 valence electrons. The van der Waals surface area contributed by atoms with Crippen LogP contribution in [-0.4, -0.2) is 25.3 Å². The molecule has 8 heteroatoms. The quantitative estimate of drug-likeness (QED) is 0.512. The van der Waals surface area contributed by atoms with Crippen molar-refractivity contribution >= 4 is 27.3 Å². The monoisotopic (exact) mass is 320 g/mol. The van der Waals surface area contributed by atoms with Crippen molar-refractivity contribution in [3.8, 4) is 0 Å². The summed E-state index contributed by atoms with van der Waals surface area (Å²) in [4.78, 5) is 10.5. The van der Waals surface area contributed by atoms with Gasteiger partial charge < -0.3 is 0 Å². The average Bonchev–Trinajstić information content (AvgIpc) is 2.25. The van der Waals surface area contributed by atoms with Crippen molar-refractivity contribution in [1.29, 1.82) is 0 Å². The summed E-state index contributed by atoms with van der Waals surface area (Å²) in [7, 11) is -3.84. The lowest BCUT2D eigenvalue weighted by Crippen LogP contribution is -2.34. The zero-order valence-electron chi connectivity index (χ0n) is 11.7. The normalized spacial score (nSPS) is 13.2. The maximum absolute atomic E-state index is 12.3. The standard InChI is InChI=1S/C12H17ClN2O4S/c1-7-5-8(2)12(10(4)11(7)15(16)17)20(18,19)14-9(3)6-13/h5,9,14H,6H2,1-4H3. The van der Waals surface area contributed by atoms with E-state index in [0.717, 1.165) is 0 Å². The summed E-state index contributed by atoms with van der Waals surface area (Å²) in [5, 5.41) is 11.1. The SMILES string of the molecule is Cc1cc(C)c(S(=O)(=O)NC(C)CCl)c(C)c1[N+](=O)[O-]. The second kappa shape index (κ2) is 6.07. The predicted octanol–water partition coefficient (Wildman–Crippen LogP) is 2.43. The van der Waals surface area contributed by atoms with Crippen LogP contribution in [0.5, 0.6) is 0 Å². The minimum atomic E-state index is -3.84. The van der Waals surface area contributed by atoms with E-state index in [1.54, 1.807) is 20.8 Å². The second-order valence-corrected chi connectivity index (χ2v) is 6.71. The summed E-state index contributed by atoms with van der Waals surface area (Å²) in [6.45, 7) is 6.27. The molecule has 6 nitrogen and oxygen atoms in total. The Morgan fingerprint density at radius 2 is 1.90 bits per heavy atom. The van der Waals surface area contributed by atoms with Crippen LogP contribution in [0.4, 0.5) is 5.69 Å². The van der Waals surface area contributed by atoms with Crippen LogP contribution in [0.25, 0.3) is 0 Å². The molecule has 0 heterocycles. The molecule has 0 radical (unpaired) electrons. The van der Waals surface area contributed by atoms with Gasteiger partial charge in [-0.25, -0.2) is 13.1 Å². The zero-order chi connectivity index (χ0) is 15.7. The molecule has 0 aliphatic rings. The van der Waals surface area contributed by atoms with Gasteiger partial charge in [-0.05, 0) is 39.3 Å². The van der Waals surface area contributed by atoms with Crippen LogP contribution >= 0.6 is 11.6 Å². The fourth-order valence-electron chi connectivity index (χ4n) is 2.21. The minimum Gasteiger partial charge on any atom is -0.258 e. The number of rotatable bonds is 5. The molecule has 0 amide bonds. The van der Waals surface area contributed by atoms with Crippen LogP contribution in [0.1, 0.15) is 23.6 Å². The van der Waals surface area contributed by atoms with E-state index in [4.69, 9.17) is 11.6 Å². The molecule has 20 heavy (non-hydrogen) atoms. The van der Waals surface area contributed by atoms with E-state index in [9.17, 15) is 18.5 Å². The van der Waals surface area contributed by atoms with E-state index >= 15 is 0 Å². The van der Waals surface area contributed by atoms with Crippen molar-refractivity contribution in [2.45, 2.75) is 38.6 Å². The average molecular weight is 321 g/mol. The number of benzene rings is 1. The predicted molar refractivity (Wildman–Crippen MR) is 77.8 cm³/mol. The van der Waals surface area contributed by atoms with E-state index in [1.165, 1.54) is 13.0 Å². The van der Waals surface area contributed by atoms with Crippen molar-refractivity contribution in [2.24, 2.45) is 0 Å². The molecule has 0 aliphatic heterocycles. The number of sulfonamides is 1. The third-order valence-corrected chi connectivity index (χ3v) is 5.24. The summed E-state index contributed by atoms with van der Waals surface area (Å²) in [6.07, 6.45) is 0. The van der Waals surface area contributed by atoms with E-state index in [1.807, 2.05) is 0 Å². The topological polar surface area (TPSA) is 89.3 Å². The third kappa shape index (κ3) is 3.28. The van der Waals surface area contributed by atoms with Crippen LogP contribution in [-0.2, 0) is 10.0 Å². The fraction of sp³-hybridized carbons (Fsp3) is 0.500. The van der Waals surface area contributed by atoms with Crippen LogP contribution in [0, 0.1) is 30.9 Å². The molecule has 0 bridgehead atoms. The third-order valence-electron chi connectivity index (χ3n) is 2.90. The molecule has 0 saturated heterocycles. The highest BCUT2D eigenvalue weighted by Gasteiger charge is 2.28. The number of hydrogen-bond acceptors (Lipinski definition) is 4. The lowest BCUT2D eigenvalue weighted by atomic mass is 10.1. The number of alkyl halides is 1. The zero-order valence-corrected chi connectivity index (χ0v) is 13.3. The van der Waals surface area contributed by atoms with Gasteiger partial charge in [-0.2, -0.15) is 0 Å². The van der Waals surface area contributed by atoms with Crippen LogP contribution in [0.3, 0.4) is 0 Å². The maximum atomic E-state index is 12.3.